The highest BCUT2D eigenvalue weighted by Crippen LogP contribution is 2.47. The summed E-state index contributed by atoms with van der Waals surface area (Å²) in [6, 6.07) is 126. The van der Waals surface area contributed by atoms with E-state index in [0.717, 1.165) is 127 Å². The molecule has 17 aromatic rings. The van der Waals surface area contributed by atoms with Crippen LogP contribution in [0.1, 0.15) is 143 Å². The number of nitrogens with zero attached hydrogens (tertiary/aromatic N) is 4. The number of benzene rings is 15. The van der Waals surface area contributed by atoms with Gasteiger partial charge in [-0.2, -0.15) is 0 Å². The molecule has 4 heterocycles. The van der Waals surface area contributed by atoms with Crippen LogP contribution in [0.3, 0.4) is 0 Å². The fourth-order valence-electron chi connectivity index (χ4n) is 19.0. The Labute approximate surface area is 745 Å². The van der Waals surface area contributed by atoms with E-state index >= 15 is 0 Å². The molecular formula is C116H112B2N4O4. The summed E-state index contributed by atoms with van der Waals surface area (Å²) in [4.78, 5) is 4.86. The number of aryl methyl sites for hydroxylation is 4. The summed E-state index contributed by atoms with van der Waals surface area (Å²) >= 11 is 0. The van der Waals surface area contributed by atoms with Crippen molar-refractivity contribution in [3.8, 4) is 78.1 Å². The smallest absolute Gasteiger partial charge is 0.399 e. The molecule has 126 heavy (non-hydrogen) atoms. The standard InChI is InChI=1S/C116H112B2N4O4/c1-13-15-17-19-29-89-77-108(102-74-72-100(76-80(102)4)120(94-61-45-84(46-62-94)82-41-57-92(58-42-82)118-125-115(9,10)116(11,12)126-118)96-65-49-86(50-66-96)88-53-69-98(70-54-88)122-111-37-27-23-33-105(111)106-34-24-28-38-112(106)122)90(30-20-18-16-14-2)78-107(89)101-73-71-99(75-79(101)3)119(93-59-43-83(44-60-93)81-39-55-91(56-40-81)117-123-113(5,6)114(7,8)124-117)95-63-47-85(48-64-95)87-51-67-97(68-52-87)121-109-35-25-21-31-103(109)104-32-22-26-36-110(104)121/h21-28,31-78H,13-20,29-30H2,1-12H3. The molecule has 0 amide bonds. The Morgan fingerprint density at radius 2 is 0.500 bits per heavy atom. The van der Waals surface area contributed by atoms with Crippen LogP contribution < -0.4 is 20.7 Å². The van der Waals surface area contributed by atoms with E-state index in [4.69, 9.17) is 18.6 Å². The number of rotatable bonds is 26. The van der Waals surface area contributed by atoms with Crippen molar-refractivity contribution in [2.75, 3.05) is 9.80 Å². The molecule has 0 N–H and O–H groups in total. The Hall–Kier alpha value is -12.5. The number of hydrogen-bond donors (Lipinski definition) is 0. The molecule has 2 fully saturated rings. The first-order valence-electron chi connectivity index (χ1n) is 45.7. The van der Waals surface area contributed by atoms with Gasteiger partial charge in [0.25, 0.3) is 0 Å². The summed E-state index contributed by atoms with van der Waals surface area (Å²) in [5, 5.41) is 5.04. The van der Waals surface area contributed by atoms with Gasteiger partial charge in [-0.1, -0.05) is 271 Å². The highest BCUT2D eigenvalue weighted by molar-refractivity contribution is 6.62. The molecule has 0 saturated carbocycles. The van der Waals surface area contributed by atoms with Crippen molar-refractivity contribution in [1.82, 2.24) is 9.13 Å². The molecule has 8 nitrogen and oxygen atoms in total. The number of fused-ring (bicyclic) bond motifs is 6. The third kappa shape index (κ3) is 16.0. The van der Waals surface area contributed by atoms with Crippen LogP contribution in [0.15, 0.2) is 340 Å². The number of unbranched alkanes of at least 4 members (excludes halogenated alkanes) is 6. The summed E-state index contributed by atoms with van der Waals surface area (Å²) in [5.41, 5.74) is 33.6. The van der Waals surface area contributed by atoms with Crippen LogP contribution in [0.4, 0.5) is 34.1 Å². The van der Waals surface area contributed by atoms with E-state index in [1.807, 2.05) is 0 Å². The van der Waals surface area contributed by atoms with Gasteiger partial charge in [0.15, 0.2) is 0 Å². The molecule has 0 aliphatic carbocycles. The van der Waals surface area contributed by atoms with E-state index in [2.05, 4.69) is 442 Å². The average Bonchev–Trinajstić information content (AvgIpc) is 1.53. The van der Waals surface area contributed by atoms with Gasteiger partial charge in [0.05, 0.1) is 44.5 Å². The van der Waals surface area contributed by atoms with Gasteiger partial charge in [-0.05, 0) is 316 Å². The lowest BCUT2D eigenvalue weighted by Gasteiger charge is -2.32. The van der Waals surface area contributed by atoms with Crippen molar-refractivity contribution in [3.05, 3.63) is 362 Å². The second-order valence-electron chi connectivity index (χ2n) is 36.9. The molecule has 19 rings (SSSR count). The van der Waals surface area contributed by atoms with E-state index in [-0.39, 0.29) is 0 Å². The zero-order chi connectivity index (χ0) is 86.6. The number of para-hydroxylation sites is 4. The molecule has 0 unspecified atom stereocenters. The minimum absolute atomic E-state index is 0.420. The molecule has 0 bridgehead atoms. The lowest BCUT2D eigenvalue weighted by Crippen LogP contribution is -2.41. The SMILES string of the molecule is CCCCCCc1cc(-c2ccc(N(c3ccc(-c4ccc(B5OC(C)(C)C(C)(C)O5)cc4)cc3)c3ccc(-c4ccc(-n5c6ccccc6c6ccccc65)cc4)cc3)cc2C)c(CCCCCC)cc1-c1ccc(N(c2ccc(-c3ccc(B4OC(C)(C)C(C)(C)O4)cc3)cc2)c2ccc(-c3ccc(-n4c5ccccc5c5ccccc54)cc3)cc2)cc1C. The monoisotopic (exact) mass is 1650 g/mol. The summed E-state index contributed by atoms with van der Waals surface area (Å²) in [5.74, 6) is 0. The van der Waals surface area contributed by atoms with Crippen LogP contribution in [-0.4, -0.2) is 45.8 Å². The lowest BCUT2D eigenvalue weighted by atomic mass is 9.78. The predicted molar refractivity (Wildman–Crippen MR) is 534 cm³/mol. The van der Waals surface area contributed by atoms with Gasteiger partial charge in [0.2, 0.25) is 0 Å². The fraction of sp³-hybridized carbons (Fsp3) is 0.224. The highest BCUT2D eigenvalue weighted by Gasteiger charge is 2.53. The van der Waals surface area contributed by atoms with Crippen LogP contribution in [-0.2, 0) is 31.5 Å². The average molecular weight is 1650 g/mol. The number of anilines is 6. The summed E-state index contributed by atoms with van der Waals surface area (Å²) in [6.45, 7) is 26.2. The zero-order valence-corrected chi connectivity index (χ0v) is 75.0. The van der Waals surface area contributed by atoms with Crippen molar-refractivity contribution < 1.29 is 18.6 Å². The van der Waals surface area contributed by atoms with Crippen molar-refractivity contribution in [2.24, 2.45) is 0 Å². The van der Waals surface area contributed by atoms with Gasteiger partial charge in [0, 0.05) is 67.0 Å². The van der Waals surface area contributed by atoms with Gasteiger partial charge in [-0.25, -0.2) is 0 Å². The minimum Gasteiger partial charge on any atom is -0.399 e. The lowest BCUT2D eigenvalue weighted by molar-refractivity contribution is 0.00578. The Bertz CT molecular complexity index is 6260. The normalized spacial score (nSPS) is 14.6. The Balaban J connectivity index is 0.663. The van der Waals surface area contributed by atoms with Crippen LogP contribution in [0.5, 0.6) is 0 Å². The van der Waals surface area contributed by atoms with Crippen molar-refractivity contribution in [2.45, 2.75) is 170 Å². The minimum atomic E-state index is -0.424. The Kier molecular flexibility index (Phi) is 22.7. The summed E-state index contributed by atoms with van der Waals surface area (Å²) in [6.07, 6.45) is 11.4. The summed E-state index contributed by atoms with van der Waals surface area (Å²) in [7, 11) is -0.849. The molecule has 10 heteroatoms. The van der Waals surface area contributed by atoms with E-state index in [1.165, 1.54) is 127 Å². The third-order valence-electron chi connectivity index (χ3n) is 27.6. The maximum absolute atomic E-state index is 6.47. The molecule has 2 saturated heterocycles. The maximum Gasteiger partial charge on any atom is 0.494 e. The molecular weight excluding hydrogens is 1530 g/mol. The number of hydrogen-bond acceptors (Lipinski definition) is 6. The van der Waals surface area contributed by atoms with Gasteiger partial charge in [-0.3, -0.25) is 0 Å². The van der Waals surface area contributed by atoms with Gasteiger partial charge < -0.3 is 37.6 Å². The van der Waals surface area contributed by atoms with Gasteiger partial charge >= 0.3 is 14.2 Å². The van der Waals surface area contributed by atoms with Crippen LogP contribution in [0, 0.1) is 13.8 Å². The van der Waals surface area contributed by atoms with Crippen molar-refractivity contribution >= 4 is 103 Å². The summed E-state index contributed by atoms with van der Waals surface area (Å²) < 4.78 is 30.7. The molecule has 2 aliphatic rings. The first kappa shape index (κ1) is 83.0. The maximum atomic E-state index is 6.47. The molecule has 0 atom stereocenters. The molecule has 0 radical (unpaired) electrons. The fourth-order valence-corrected chi connectivity index (χ4v) is 19.0. The second kappa shape index (κ2) is 34.4. The first-order valence-corrected chi connectivity index (χ1v) is 45.7. The largest absolute Gasteiger partial charge is 0.494 e. The molecule has 2 aliphatic heterocycles. The number of aromatic nitrogens is 2. The van der Waals surface area contributed by atoms with Gasteiger partial charge in [-0.15, -0.1) is 0 Å². The van der Waals surface area contributed by atoms with E-state index < -0.39 is 36.6 Å². The van der Waals surface area contributed by atoms with Crippen molar-refractivity contribution in [3.63, 3.8) is 0 Å². The van der Waals surface area contributed by atoms with Crippen molar-refractivity contribution in [1.29, 1.82) is 0 Å². The Morgan fingerprint density at radius 3 is 0.762 bits per heavy atom. The highest BCUT2D eigenvalue weighted by atomic mass is 16.7. The molecule has 2 aromatic heterocycles. The van der Waals surface area contributed by atoms with Crippen LogP contribution in [0.2, 0.25) is 0 Å². The molecule has 626 valence electrons. The molecule has 0 spiro atoms. The Morgan fingerprint density at radius 1 is 0.254 bits per heavy atom. The van der Waals surface area contributed by atoms with E-state index in [0.29, 0.717) is 0 Å². The van der Waals surface area contributed by atoms with E-state index in [1.54, 1.807) is 0 Å². The topological polar surface area (TPSA) is 53.3 Å². The first-order chi connectivity index (χ1) is 61.2. The van der Waals surface area contributed by atoms with Crippen LogP contribution in [0.25, 0.3) is 122 Å². The predicted octanol–water partition coefficient (Wildman–Crippen LogP) is 30.3. The zero-order valence-electron chi connectivity index (χ0n) is 75.0. The second-order valence-corrected chi connectivity index (χ2v) is 36.9. The van der Waals surface area contributed by atoms with Crippen LogP contribution >= 0.6 is 0 Å². The van der Waals surface area contributed by atoms with E-state index in [9.17, 15) is 0 Å². The quantitative estimate of drug-likeness (QED) is 0.0398. The third-order valence-corrected chi connectivity index (χ3v) is 27.6. The van der Waals surface area contributed by atoms with Gasteiger partial charge in [0.1, 0.15) is 0 Å². The molecule has 15 aromatic carbocycles.